The van der Waals surface area contributed by atoms with E-state index < -0.39 is 0 Å². The van der Waals surface area contributed by atoms with Gasteiger partial charge in [0.1, 0.15) is 0 Å². The number of benzene rings is 3. The highest BCUT2D eigenvalue weighted by molar-refractivity contribution is 7.74. The minimum absolute atomic E-state index is 0.269. The second-order valence-corrected chi connectivity index (χ2v) is 8.96. The molecule has 1 aliphatic rings. The highest BCUT2D eigenvalue weighted by Crippen LogP contribution is 2.47. The molecule has 0 N–H and O–H groups in total. The lowest BCUT2D eigenvalue weighted by Gasteiger charge is -2.32. The third-order valence-corrected chi connectivity index (χ3v) is 8.01. The van der Waals surface area contributed by atoms with E-state index in [9.17, 15) is 0 Å². The van der Waals surface area contributed by atoms with E-state index in [0.29, 0.717) is 0 Å². The Labute approximate surface area is 140 Å². The van der Waals surface area contributed by atoms with Crippen molar-refractivity contribution in [2.45, 2.75) is 37.8 Å². The maximum atomic E-state index is 2.38. The lowest BCUT2D eigenvalue weighted by molar-refractivity contribution is 0.513. The van der Waals surface area contributed by atoms with Crippen molar-refractivity contribution in [2.24, 2.45) is 0 Å². The lowest BCUT2D eigenvalue weighted by Crippen LogP contribution is -2.24. The third kappa shape index (κ3) is 3.06. The predicted octanol–water partition coefficient (Wildman–Crippen LogP) is 5.61. The van der Waals surface area contributed by atoms with Gasteiger partial charge in [-0.3, -0.25) is 0 Å². The molecule has 0 bridgehead atoms. The van der Waals surface area contributed by atoms with Gasteiger partial charge in [-0.15, -0.1) is 0 Å². The largest absolute Gasteiger partial charge is 0.0622 e. The van der Waals surface area contributed by atoms with Gasteiger partial charge >= 0.3 is 0 Å². The van der Waals surface area contributed by atoms with Crippen molar-refractivity contribution < 1.29 is 0 Å². The summed E-state index contributed by atoms with van der Waals surface area (Å²) < 4.78 is 0. The summed E-state index contributed by atoms with van der Waals surface area (Å²) in [5.74, 6) is 0. The zero-order chi connectivity index (χ0) is 15.5. The third-order valence-electron chi connectivity index (χ3n) is 5.00. The predicted molar refractivity (Wildman–Crippen MR) is 103 cm³/mol. The Balaban J connectivity index is 1.86. The van der Waals surface area contributed by atoms with Crippen LogP contribution in [0.5, 0.6) is 0 Å². The molecular formula is C22H23P. The fraction of sp³-hybridized carbons (Fsp3) is 0.273. The molecule has 0 heterocycles. The van der Waals surface area contributed by atoms with Crippen LogP contribution in [0.4, 0.5) is 0 Å². The normalized spacial score (nSPS) is 17.2. The van der Waals surface area contributed by atoms with Gasteiger partial charge in [0.05, 0.1) is 0 Å². The number of hydrogen-bond acceptors (Lipinski definition) is 0. The standard InChI is InChI=1S/C22H23P/c1-3-12-19(13-4-1)23(20-14-5-2-6-15-20)22-17-9-11-18-10-7-8-16-21(18)22/h1,3-4,7-13,16-17,20H,2,5-6,14-15H2. The first kappa shape index (κ1) is 14.9. The first-order chi connectivity index (χ1) is 11.4. The van der Waals surface area contributed by atoms with Crippen LogP contribution in [0.2, 0.25) is 0 Å². The Morgan fingerprint density at radius 3 is 2.17 bits per heavy atom. The Hall–Kier alpha value is -1.65. The summed E-state index contributed by atoms with van der Waals surface area (Å²) >= 11 is 0. The lowest BCUT2D eigenvalue weighted by atomic mass is 10.0. The molecule has 1 atom stereocenters. The van der Waals surface area contributed by atoms with Gasteiger partial charge in [0.15, 0.2) is 0 Å². The average molecular weight is 318 g/mol. The Morgan fingerprint density at radius 1 is 0.652 bits per heavy atom. The average Bonchev–Trinajstić information content (AvgIpc) is 2.64. The van der Waals surface area contributed by atoms with Crippen molar-refractivity contribution in [3.05, 3.63) is 72.8 Å². The topological polar surface area (TPSA) is 0 Å². The summed E-state index contributed by atoms with van der Waals surface area (Å²) in [5.41, 5.74) is 0.840. The molecule has 3 aromatic carbocycles. The molecule has 0 aromatic heterocycles. The maximum absolute atomic E-state index is 2.38. The van der Waals surface area contributed by atoms with Crippen LogP contribution >= 0.6 is 7.92 Å². The molecule has 1 aliphatic carbocycles. The zero-order valence-corrected chi connectivity index (χ0v) is 14.4. The molecule has 4 rings (SSSR count). The number of hydrogen-bond donors (Lipinski definition) is 0. The smallest absolute Gasteiger partial charge is 0.0104 e. The number of rotatable bonds is 3. The summed E-state index contributed by atoms with van der Waals surface area (Å²) in [6.07, 6.45) is 7.01. The molecule has 1 unspecified atom stereocenters. The molecule has 0 saturated heterocycles. The van der Waals surface area contributed by atoms with E-state index in [0.717, 1.165) is 5.66 Å². The van der Waals surface area contributed by atoms with Gasteiger partial charge < -0.3 is 0 Å². The molecular weight excluding hydrogens is 295 g/mol. The van der Waals surface area contributed by atoms with Gasteiger partial charge in [0, 0.05) is 0 Å². The molecule has 0 radical (unpaired) electrons. The van der Waals surface area contributed by atoms with Crippen molar-refractivity contribution in [3.8, 4) is 0 Å². The summed E-state index contributed by atoms with van der Waals surface area (Å²) in [5, 5.41) is 5.96. The first-order valence-electron chi connectivity index (χ1n) is 8.75. The quantitative estimate of drug-likeness (QED) is 0.551. The fourth-order valence-electron chi connectivity index (χ4n) is 3.89. The molecule has 3 aromatic rings. The van der Waals surface area contributed by atoms with E-state index >= 15 is 0 Å². The maximum Gasteiger partial charge on any atom is -0.0104 e. The molecule has 0 nitrogen and oxygen atoms in total. The van der Waals surface area contributed by atoms with Crippen LogP contribution in [-0.4, -0.2) is 5.66 Å². The van der Waals surface area contributed by atoms with Crippen LogP contribution in [0.15, 0.2) is 72.8 Å². The van der Waals surface area contributed by atoms with E-state index in [4.69, 9.17) is 0 Å². The molecule has 23 heavy (non-hydrogen) atoms. The van der Waals surface area contributed by atoms with E-state index in [1.54, 1.807) is 10.6 Å². The van der Waals surface area contributed by atoms with Crippen LogP contribution in [0.1, 0.15) is 32.1 Å². The summed E-state index contributed by atoms with van der Waals surface area (Å²) in [7, 11) is -0.269. The highest BCUT2D eigenvalue weighted by Gasteiger charge is 2.27. The van der Waals surface area contributed by atoms with Crippen molar-refractivity contribution in [3.63, 3.8) is 0 Å². The fourth-order valence-corrected chi connectivity index (χ4v) is 7.07. The van der Waals surface area contributed by atoms with E-state index in [1.807, 2.05) is 0 Å². The van der Waals surface area contributed by atoms with Gasteiger partial charge in [-0.05, 0) is 47.8 Å². The first-order valence-corrected chi connectivity index (χ1v) is 10.2. The van der Waals surface area contributed by atoms with Gasteiger partial charge in [-0.25, -0.2) is 0 Å². The van der Waals surface area contributed by atoms with Gasteiger partial charge in [-0.2, -0.15) is 0 Å². The summed E-state index contributed by atoms with van der Waals surface area (Å²) in [4.78, 5) is 0. The van der Waals surface area contributed by atoms with E-state index in [2.05, 4.69) is 72.8 Å². The minimum Gasteiger partial charge on any atom is -0.0622 e. The van der Waals surface area contributed by atoms with Crippen LogP contribution < -0.4 is 10.6 Å². The molecule has 0 aliphatic heterocycles. The molecule has 1 saturated carbocycles. The van der Waals surface area contributed by atoms with E-state index in [-0.39, 0.29) is 7.92 Å². The molecule has 0 spiro atoms. The summed E-state index contributed by atoms with van der Waals surface area (Å²) in [6.45, 7) is 0. The van der Waals surface area contributed by atoms with Crippen LogP contribution in [-0.2, 0) is 0 Å². The van der Waals surface area contributed by atoms with Gasteiger partial charge in [0.25, 0.3) is 0 Å². The zero-order valence-electron chi connectivity index (χ0n) is 13.5. The second-order valence-electron chi connectivity index (χ2n) is 6.50. The van der Waals surface area contributed by atoms with Crippen LogP contribution in [0, 0.1) is 0 Å². The Bertz CT molecular complexity index is 767. The second kappa shape index (κ2) is 6.85. The molecule has 116 valence electrons. The Kier molecular flexibility index (Phi) is 4.44. The molecule has 1 heteroatoms. The van der Waals surface area contributed by atoms with Crippen molar-refractivity contribution >= 4 is 29.3 Å². The van der Waals surface area contributed by atoms with Crippen LogP contribution in [0.25, 0.3) is 10.8 Å². The van der Waals surface area contributed by atoms with Crippen LogP contribution in [0.3, 0.4) is 0 Å². The molecule has 0 amide bonds. The van der Waals surface area contributed by atoms with Gasteiger partial charge in [-0.1, -0.05) is 92.1 Å². The summed E-state index contributed by atoms with van der Waals surface area (Å²) in [6, 6.07) is 27.0. The molecule has 1 fully saturated rings. The SMILES string of the molecule is c1ccc(P(c2cccc3ccccc23)C2CCCCC2)cc1. The Morgan fingerprint density at radius 2 is 1.35 bits per heavy atom. The monoisotopic (exact) mass is 318 g/mol. The van der Waals surface area contributed by atoms with Crippen molar-refractivity contribution in [1.29, 1.82) is 0 Å². The van der Waals surface area contributed by atoms with E-state index in [1.165, 1.54) is 42.9 Å². The minimum atomic E-state index is -0.269. The van der Waals surface area contributed by atoms with Crippen molar-refractivity contribution in [2.75, 3.05) is 0 Å². The number of fused-ring (bicyclic) bond motifs is 1. The van der Waals surface area contributed by atoms with Crippen molar-refractivity contribution in [1.82, 2.24) is 0 Å². The highest BCUT2D eigenvalue weighted by atomic mass is 31.1. The van der Waals surface area contributed by atoms with Gasteiger partial charge in [0.2, 0.25) is 0 Å².